The fourth-order valence-corrected chi connectivity index (χ4v) is 3.71. The van der Waals surface area contributed by atoms with Crippen molar-refractivity contribution in [2.24, 2.45) is 5.92 Å². The number of pyridine rings is 1. The largest absolute Gasteiger partial charge is 0.356 e. The van der Waals surface area contributed by atoms with E-state index in [1.165, 1.54) is 6.07 Å². The van der Waals surface area contributed by atoms with E-state index in [1.54, 1.807) is 24.5 Å². The molecule has 0 amide bonds. The summed E-state index contributed by atoms with van der Waals surface area (Å²) in [6.45, 7) is 3.94. The maximum absolute atomic E-state index is 13.4. The van der Waals surface area contributed by atoms with Gasteiger partial charge in [0.25, 0.3) is 0 Å². The van der Waals surface area contributed by atoms with Crippen LogP contribution in [0.1, 0.15) is 24.1 Å². The second-order valence-corrected chi connectivity index (χ2v) is 7.19. The first kappa shape index (κ1) is 17.6. The highest BCUT2D eigenvalue weighted by Gasteiger charge is 2.21. The van der Waals surface area contributed by atoms with E-state index < -0.39 is 0 Å². The quantitative estimate of drug-likeness (QED) is 0.688. The molecule has 1 aliphatic heterocycles. The fraction of sp³-hybridized carbons (Fsp3) is 0.318. The van der Waals surface area contributed by atoms with Crippen LogP contribution in [0.15, 0.2) is 54.9 Å². The van der Waals surface area contributed by atoms with E-state index >= 15 is 0 Å². The molecule has 2 aromatic heterocycles. The maximum Gasteiger partial charge on any atom is 0.161 e. The summed E-state index contributed by atoms with van der Waals surface area (Å²) in [5, 5.41) is 0. The van der Waals surface area contributed by atoms with Gasteiger partial charge >= 0.3 is 0 Å². The van der Waals surface area contributed by atoms with Gasteiger partial charge in [-0.15, -0.1) is 0 Å². The van der Waals surface area contributed by atoms with Gasteiger partial charge in [0.05, 0.1) is 0 Å². The monoisotopic (exact) mass is 362 g/mol. The Hall–Kier alpha value is -2.82. The third kappa shape index (κ3) is 4.30. The zero-order chi connectivity index (χ0) is 18.6. The standard InChI is InChI=1S/C22H23FN4/c1-16-13-21(26-22(25-16)19-5-9-24-10-6-19)27-11-7-17(8-12-27)14-18-3-2-4-20(23)15-18/h2-6,9-10,13,15,17H,7-8,11-12,14H2,1H3. The van der Waals surface area contributed by atoms with Crippen LogP contribution < -0.4 is 4.90 Å². The molecule has 5 heteroatoms. The van der Waals surface area contributed by atoms with Crippen molar-refractivity contribution >= 4 is 5.82 Å². The number of aryl methyl sites for hydroxylation is 1. The second kappa shape index (κ2) is 7.82. The molecule has 0 spiro atoms. The van der Waals surface area contributed by atoms with Crippen molar-refractivity contribution in [3.8, 4) is 11.4 Å². The number of aromatic nitrogens is 3. The van der Waals surface area contributed by atoms with Crippen LogP contribution in [0.25, 0.3) is 11.4 Å². The first-order chi connectivity index (χ1) is 13.2. The van der Waals surface area contributed by atoms with Gasteiger partial charge in [-0.1, -0.05) is 12.1 Å². The Morgan fingerprint density at radius 1 is 1.04 bits per heavy atom. The Morgan fingerprint density at radius 2 is 1.81 bits per heavy atom. The average Bonchev–Trinajstić information content (AvgIpc) is 2.69. The fourth-order valence-electron chi connectivity index (χ4n) is 3.71. The number of piperidine rings is 1. The van der Waals surface area contributed by atoms with E-state index in [0.29, 0.717) is 5.92 Å². The molecule has 27 heavy (non-hydrogen) atoms. The minimum atomic E-state index is -0.148. The number of halogens is 1. The molecule has 4 nitrogen and oxygen atoms in total. The molecular formula is C22H23FN4. The van der Waals surface area contributed by atoms with Crippen LogP contribution in [-0.2, 0) is 6.42 Å². The van der Waals surface area contributed by atoms with Crippen molar-refractivity contribution in [3.05, 3.63) is 71.9 Å². The summed E-state index contributed by atoms with van der Waals surface area (Å²) < 4.78 is 13.4. The van der Waals surface area contributed by atoms with Crippen molar-refractivity contribution < 1.29 is 4.39 Å². The van der Waals surface area contributed by atoms with Gasteiger partial charge in [0.15, 0.2) is 5.82 Å². The smallest absolute Gasteiger partial charge is 0.161 e. The van der Waals surface area contributed by atoms with Crippen molar-refractivity contribution in [1.29, 1.82) is 0 Å². The molecule has 1 aliphatic rings. The highest BCUT2D eigenvalue weighted by atomic mass is 19.1. The molecule has 3 aromatic rings. The topological polar surface area (TPSA) is 41.9 Å². The molecule has 0 atom stereocenters. The number of anilines is 1. The van der Waals surface area contributed by atoms with Crippen LogP contribution in [0.5, 0.6) is 0 Å². The lowest BCUT2D eigenvalue weighted by atomic mass is 9.90. The van der Waals surface area contributed by atoms with Gasteiger partial charge in [-0.05, 0) is 61.9 Å². The molecule has 0 unspecified atom stereocenters. The van der Waals surface area contributed by atoms with Crippen LogP contribution >= 0.6 is 0 Å². The summed E-state index contributed by atoms with van der Waals surface area (Å²) in [5.41, 5.74) is 3.04. The van der Waals surface area contributed by atoms with Gasteiger partial charge in [0.1, 0.15) is 11.6 Å². The summed E-state index contributed by atoms with van der Waals surface area (Å²) in [4.78, 5) is 15.8. The van der Waals surface area contributed by atoms with Crippen LogP contribution in [0.3, 0.4) is 0 Å². The first-order valence-electron chi connectivity index (χ1n) is 9.43. The van der Waals surface area contributed by atoms with Crippen molar-refractivity contribution in [2.75, 3.05) is 18.0 Å². The number of benzene rings is 1. The molecule has 0 aliphatic carbocycles. The van der Waals surface area contributed by atoms with E-state index in [0.717, 1.165) is 60.8 Å². The van der Waals surface area contributed by atoms with Gasteiger partial charge < -0.3 is 4.90 Å². The van der Waals surface area contributed by atoms with Gasteiger partial charge in [0.2, 0.25) is 0 Å². The number of rotatable bonds is 4. The molecule has 3 heterocycles. The summed E-state index contributed by atoms with van der Waals surface area (Å²) in [6.07, 6.45) is 6.64. The van der Waals surface area contributed by atoms with E-state index in [1.807, 2.05) is 25.1 Å². The van der Waals surface area contributed by atoms with Crippen LogP contribution in [0.2, 0.25) is 0 Å². The Bertz CT molecular complexity index is 905. The third-order valence-corrected chi connectivity index (χ3v) is 5.13. The Balaban J connectivity index is 1.44. The predicted molar refractivity (Wildman–Crippen MR) is 105 cm³/mol. The van der Waals surface area contributed by atoms with Crippen LogP contribution in [0, 0.1) is 18.7 Å². The molecule has 1 saturated heterocycles. The van der Waals surface area contributed by atoms with Crippen molar-refractivity contribution in [3.63, 3.8) is 0 Å². The zero-order valence-electron chi connectivity index (χ0n) is 15.5. The number of hydrogen-bond acceptors (Lipinski definition) is 4. The molecular weight excluding hydrogens is 339 g/mol. The normalized spacial score (nSPS) is 15.1. The summed E-state index contributed by atoms with van der Waals surface area (Å²) in [6, 6.07) is 12.9. The van der Waals surface area contributed by atoms with Gasteiger partial charge in [-0.2, -0.15) is 0 Å². The molecule has 1 aromatic carbocycles. The SMILES string of the molecule is Cc1cc(N2CCC(Cc3cccc(F)c3)CC2)nc(-c2ccncc2)n1. The number of nitrogens with zero attached hydrogens (tertiary/aromatic N) is 4. The lowest BCUT2D eigenvalue weighted by molar-refractivity contribution is 0.401. The zero-order valence-corrected chi connectivity index (χ0v) is 15.5. The molecule has 138 valence electrons. The highest BCUT2D eigenvalue weighted by molar-refractivity contribution is 5.57. The van der Waals surface area contributed by atoms with E-state index in [4.69, 9.17) is 4.98 Å². The Morgan fingerprint density at radius 3 is 2.56 bits per heavy atom. The second-order valence-electron chi connectivity index (χ2n) is 7.19. The minimum Gasteiger partial charge on any atom is -0.356 e. The highest BCUT2D eigenvalue weighted by Crippen LogP contribution is 2.26. The Kier molecular flexibility index (Phi) is 5.10. The summed E-state index contributed by atoms with van der Waals surface area (Å²) in [5.74, 6) is 2.17. The molecule has 0 N–H and O–H groups in total. The predicted octanol–water partition coefficient (Wildman–Crippen LogP) is 4.45. The lowest BCUT2D eigenvalue weighted by Gasteiger charge is -2.33. The third-order valence-electron chi connectivity index (χ3n) is 5.13. The molecule has 0 radical (unpaired) electrons. The lowest BCUT2D eigenvalue weighted by Crippen LogP contribution is -2.35. The van der Waals surface area contributed by atoms with Crippen molar-refractivity contribution in [2.45, 2.75) is 26.2 Å². The molecule has 1 fully saturated rings. The molecule has 4 rings (SSSR count). The molecule has 0 saturated carbocycles. The summed E-state index contributed by atoms with van der Waals surface area (Å²) in [7, 11) is 0. The van der Waals surface area contributed by atoms with E-state index in [9.17, 15) is 4.39 Å². The van der Waals surface area contributed by atoms with Crippen LogP contribution in [0.4, 0.5) is 10.2 Å². The first-order valence-corrected chi connectivity index (χ1v) is 9.43. The van der Waals surface area contributed by atoms with Gasteiger partial charge in [-0.25, -0.2) is 14.4 Å². The minimum absolute atomic E-state index is 0.148. The number of hydrogen-bond donors (Lipinski definition) is 0. The van der Waals surface area contributed by atoms with Crippen LogP contribution in [-0.4, -0.2) is 28.0 Å². The van der Waals surface area contributed by atoms with E-state index in [-0.39, 0.29) is 5.82 Å². The van der Waals surface area contributed by atoms with Gasteiger partial charge in [-0.3, -0.25) is 4.98 Å². The average molecular weight is 362 g/mol. The van der Waals surface area contributed by atoms with Crippen molar-refractivity contribution in [1.82, 2.24) is 15.0 Å². The van der Waals surface area contributed by atoms with E-state index in [2.05, 4.69) is 20.9 Å². The maximum atomic E-state index is 13.4. The van der Waals surface area contributed by atoms with Gasteiger partial charge in [0, 0.05) is 42.8 Å². The molecule has 0 bridgehead atoms. The summed E-state index contributed by atoms with van der Waals surface area (Å²) >= 11 is 0. The Labute approximate surface area is 159 Å².